The van der Waals surface area contributed by atoms with E-state index in [0.717, 1.165) is 17.1 Å². The molecule has 0 fully saturated rings. The maximum atomic E-state index is 2.44. The Morgan fingerprint density at radius 1 is 0.455 bits per heavy atom. The third kappa shape index (κ3) is 4.16. The average Bonchev–Trinajstić information content (AvgIpc) is 3.32. The van der Waals surface area contributed by atoms with Crippen LogP contribution in [0.4, 0.5) is 17.1 Å². The van der Waals surface area contributed by atoms with Gasteiger partial charge in [0.1, 0.15) is 0 Å². The van der Waals surface area contributed by atoms with E-state index in [1.54, 1.807) is 0 Å². The van der Waals surface area contributed by atoms with Gasteiger partial charge in [-0.25, -0.2) is 0 Å². The fraction of sp³-hybridized carbons (Fsp3) is 0.0698. The van der Waals surface area contributed by atoms with Crippen LogP contribution in [0.1, 0.15) is 25.0 Å². The summed E-state index contributed by atoms with van der Waals surface area (Å²) in [5.41, 5.74) is 13.7. The summed E-state index contributed by atoms with van der Waals surface area (Å²) >= 11 is 0. The second-order valence-corrected chi connectivity index (χ2v) is 12.2. The molecule has 0 heterocycles. The quantitative estimate of drug-likeness (QED) is 0.201. The van der Waals surface area contributed by atoms with E-state index in [2.05, 4.69) is 183 Å². The number of nitrogens with zero attached hydrogens (tertiary/aromatic N) is 1. The van der Waals surface area contributed by atoms with E-state index in [1.807, 2.05) is 0 Å². The third-order valence-electron chi connectivity index (χ3n) is 9.21. The van der Waals surface area contributed by atoms with Gasteiger partial charge in [-0.2, -0.15) is 0 Å². The third-order valence-corrected chi connectivity index (χ3v) is 9.21. The van der Waals surface area contributed by atoms with Gasteiger partial charge >= 0.3 is 0 Å². The number of hydrogen-bond donors (Lipinski definition) is 0. The number of fused-ring (bicyclic) bond motifs is 5. The first kappa shape index (κ1) is 26.2. The minimum Gasteiger partial charge on any atom is -0.310 e. The van der Waals surface area contributed by atoms with Gasteiger partial charge in [-0.05, 0) is 86.1 Å². The van der Waals surface area contributed by atoms with Gasteiger partial charge in [0.2, 0.25) is 0 Å². The van der Waals surface area contributed by atoms with Gasteiger partial charge in [0.15, 0.2) is 0 Å². The molecular formula is C43H33N. The SMILES string of the molecule is CC1(C)c2cc(N(c3ccccc3)c3ccccc3-c3ccccc3)ccc2-c2c(-c3ccccc3)cc3ccccc3c21. The highest BCUT2D eigenvalue weighted by Gasteiger charge is 2.39. The second kappa shape index (κ2) is 10.4. The van der Waals surface area contributed by atoms with E-state index in [-0.39, 0.29) is 5.41 Å². The van der Waals surface area contributed by atoms with E-state index in [9.17, 15) is 0 Å². The summed E-state index contributed by atoms with van der Waals surface area (Å²) in [6.07, 6.45) is 0. The largest absolute Gasteiger partial charge is 0.310 e. The van der Waals surface area contributed by atoms with Crippen molar-refractivity contribution in [3.05, 3.63) is 175 Å². The highest BCUT2D eigenvalue weighted by Crippen LogP contribution is 2.56. The number of anilines is 3. The molecule has 0 saturated carbocycles. The summed E-state index contributed by atoms with van der Waals surface area (Å²) in [7, 11) is 0. The van der Waals surface area contributed by atoms with Gasteiger partial charge in [-0.15, -0.1) is 0 Å². The van der Waals surface area contributed by atoms with Crippen molar-refractivity contribution in [2.24, 2.45) is 0 Å². The van der Waals surface area contributed by atoms with Gasteiger partial charge in [-0.1, -0.05) is 141 Å². The molecule has 0 saturated heterocycles. The van der Waals surface area contributed by atoms with Gasteiger partial charge in [0.05, 0.1) is 5.69 Å². The van der Waals surface area contributed by atoms with E-state index in [1.165, 1.54) is 55.3 Å². The highest BCUT2D eigenvalue weighted by molar-refractivity contribution is 6.05. The lowest BCUT2D eigenvalue weighted by atomic mass is 9.79. The summed E-state index contributed by atoms with van der Waals surface area (Å²) in [5.74, 6) is 0. The zero-order valence-corrected chi connectivity index (χ0v) is 25.0. The monoisotopic (exact) mass is 563 g/mol. The summed E-state index contributed by atoms with van der Waals surface area (Å²) in [6.45, 7) is 4.79. The van der Waals surface area contributed by atoms with Gasteiger partial charge < -0.3 is 4.90 Å². The van der Waals surface area contributed by atoms with Crippen LogP contribution < -0.4 is 4.90 Å². The van der Waals surface area contributed by atoms with Crippen LogP contribution in [0.15, 0.2) is 164 Å². The maximum absolute atomic E-state index is 2.44. The Labute approximate surface area is 259 Å². The van der Waals surface area contributed by atoms with Crippen molar-refractivity contribution in [1.82, 2.24) is 0 Å². The standard InChI is InChI=1S/C43H33N/c1-43(2)39-29-34(44(33-21-10-5-11-22-33)40-25-15-14-23-35(40)30-16-6-3-7-17-30)26-27-37(39)41-38(31-18-8-4-9-19-31)28-32-20-12-13-24-36(32)42(41)43/h3-29H,1-2H3. The lowest BCUT2D eigenvalue weighted by Gasteiger charge is -2.30. The fourth-order valence-corrected chi connectivity index (χ4v) is 7.20. The Morgan fingerprint density at radius 3 is 1.77 bits per heavy atom. The van der Waals surface area contributed by atoms with Crippen LogP contribution in [-0.2, 0) is 5.41 Å². The Bertz CT molecular complexity index is 2130. The molecule has 8 rings (SSSR count). The van der Waals surface area contributed by atoms with E-state index in [4.69, 9.17) is 0 Å². The minimum atomic E-state index is -0.188. The first-order valence-electron chi connectivity index (χ1n) is 15.4. The summed E-state index contributed by atoms with van der Waals surface area (Å²) in [5, 5.41) is 2.62. The lowest BCUT2D eigenvalue weighted by molar-refractivity contribution is 0.666. The zero-order chi connectivity index (χ0) is 29.7. The Hall–Kier alpha value is -5.40. The molecule has 44 heavy (non-hydrogen) atoms. The van der Waals surface area contributed by atoms with Crippen LogP contribution in [-0.4, -0.2) is 0 Å². The zero-order valence-electron chi connectivity index (χ0n) is 25.0. The molecule has 7 aromatic rings. The van der Waals surface area contributed by atoms with Gasteiger partial charge in [0, 0.05) is 22.4 Å². The van der Waals surface area contributed by atoms with Crippen molar-refractivity contribution in [3.63, 3.8) is 0 Å². The molecule has 1 heteroatoms. The van der Waals surface area contributed by atoms with Gasteiger partial charge in [-0.3, -0.25) is 0 Å². The van der Waals surface area contributed by atoms with E-state index < -0.39 is 0 Å². The molecule has 0 aromatic heterocycles. The molecule has 1 nitrogen and oxygen atoms in total. The van der Waals surface area contributed by atoms with Crippen LogP contribution >= 0.6 is 0 Å². The van der Waals surface area contributed by atoms with Crippen molar-refractivity contribution in [1.29, 1.82) is 0 Å². The number of hydrogen-bond acceptors (Lipinski definition) is 1. The molecular weight excluding hydrogens is 530 g/mol. The maximum Gasteiger partial charge on any atom is 0.0540 e. The van der Waals surface area contributed by atoms with Crippen LogP contribution in [0.25, 0.3) is 44.2 Å². The fourth-order valence-electron chi connectivity index (χ4n) is 7.20. The topological polar surface area (TPSA) is 3.24 Å². The molecule has 1 aliphatic rings. The Kier molecular flexibility index (Phi) is 6.20. The summed E-state index contributed by atoms with van der Waals surface area (Å²) in [6, 6.07) is 59.4. The Morgan fingerprint density at radius 2 is 1.05 bits per heavy atom. The van der Waals surface area contributed by atoms with E-state index >= 15 is 0 Å². The molecule has 0 N–H and O–H groups in total. The lowest BCUT2D eigenvalue weighted by Crippen LogP contribution is -2.17. The van der Waals surface area contributed by atoms with Crippen molar-refractivity contribution in [2.45, 2.75) is 19.3 Å². The normalized spacial score (nSPS) is 13.0. The first-order valence-corrected chi connectivity index (χ1v) is 15.4. The second-order valence-electron chi connectivity index (χ2n) is 12.2. The number of benzene rings is 7. The molecule has 0 amide bonds. The molecule has 7 aromatic carbocycles. The summed E-state index contributed by atoms with van der Waals surface area (Å²) in [4.78, 5) is 2.41. The van der Waals surface area contributed by atoms with Crippen LogP contribution in [0.5, 0.6) is 0 Å². The molecule has 0 radical (unpaired) electrons. The summed E-state index contributed by atoms with van der Waals surface area (Å²) < 4.78 is 0. The average molecular weight is 564 g/mol. The van der Waals surface area contributed by atoms with Gasteiger partial charge in [0.25, 0.3) is 0 Å². The molecule has 0 unspecified atom stereocenters. The number of para-hydroxylation sites is 2. The minimum absolute atomic E-state index is 0.188. The molecule has 0 atom stereocenters. The molecule has 210 valence electrons. The smallest absolute Gasteiger partial charge is 0.0540 e. The highest BCUT2D eigenvalue weighted by atomic mass is 15.1. The van der Waals surface area contributed by atoms with Crippen molar-refractivity contribution >= 4 is 27.8 Å². The number of rotatable bonds is 5. The molecule has 0 spiro atoms. The first-order chi connectivity index (χ1) is 21.6. The van der Waals surface area contributed by atoms with E-state index in [0.29, 0.717) is 0 Å². The van der Waals surface area contributed by atoms with Crippen LogP contribution in [0, 0.1) is 0 Å². The predicted molar refractivity (Wildman–Crippen MR) is 187 cm³/mol. The van der Waals surface area contributed by atoms with Crippen molar-refractivity contribution < 1.29 is 0 Å². The van der Waals surface area contributed by atoms with Crippen molar-refractivity contribution in [2.75, 3.05) is 4.90 Å². The Balaban J connectivity index is 1.38. The van der Waals surface area contributed by atoms with Crippen LogP contribution in [0.2, 0.25) is 0 Å². The predicted octanol–water partition coefficient (Wildman–Crippen LogP) is 11.9. The van der Waals surface area contributed by atoms with Crippen LogP contribution in [0.3, 0.4) is 0 Å². The molecule has 0 aliphatic heterocycles. The molecule has 0 bridgehead atoms. The molecule has 1 aliphatic carbocycles. The van der Waals surface area contributed by atoms with Crippen molar-refractivity contribution in [3.8, 4) is 33.4 Å².